The predicted octanol–water partition coefficient (Wildman–Crippen LogP) is 4.47. The molecule has 1 heterocycles. The molecule has 0 spiro atoms. The van der Waals surface area contributed by atoms with Crippen molar-refractivity contribution in [2.75, 3.05) is 0 Å². The molecule has 0 saturated carbocycles. The third-order valence-electron chi connectivity index (χ3n) is 4.06. The smallest absolute Gasteiger partial charge is 0.0861 e. The predicted molar refractivity (Wildman–Crippen MR) is 88.0 cm³/mol. The number of aliphatic hydroxyl groups is 1. The highest BCUT2D eigenvalue weighted by atomic mass is 16.3. The SMILES string of the molecule is Cc1ccccc1-n1cc(C(C)(C)O)c2cccc(C)c21. The summed E-state index contributed by atoms with van der Waals surface area (Å²) in [6.07, 6.45) is 2.07. The number of hydrogen-bond donors (Lipinski definition) is 1. The summed E-state index contributed by atoms with van der Waals surface area (Å²) >= 11 is 0. The lowest BCUT2D eigenvalue weighted by Crippen LogP contribution is -2.14. The highest BCUT2D eigenvalue weighted by molar-refractivity contribution is 5.89. The summed E-state index contributed by atoms with van der Waals surface area (Å²) < 4.78 is 2.20. The molecule has 21 heavy (non-hydrogen) atoms. The Morgan fingerprint density at radius 1 is 0.905 bits per heavy atom. The number of hydrogen-bond acceptors (Lipinski definition) is 1. The number of benzene rings is 2. The Morgan fingerprint density at radius 2 is 1.57 bits per heavy atom. The first kappa shape index (κ1) is 13.9. The zero-order chi connectivity index (χ0) is 15.2. The van der Waals surface area contributed by atoms with Gasteiger partial charge in [0.25, 0.3) is 0 Å². The first-order chi connectivity index (χ1) is 9.89. The van der Waals surface area contributed by atoms with Crippen LogP contribution in [0.3, 0.4) is 0 Å². The van der Waals surface area contributed by atoms with Crippen LogP contribution < -0.4 is 0 Å². The average molecular weight is 279 g/mol. The van der Waals surface area contributed by atoms with Gasteiger partial charge in [-0.05, 0) is 44.9 Å². The van der Waals surface area contributed by atoms with E-state index in [0.29, 0.717) is 0 Å². The van der Waals surface area contributed by atoms with Crippen molar-refractivity contribution in [3.63, 3.8) is 0 Å². The number of aryl methyl sites for hydroxylation is 2. The van der Waals surface area contributed by atoms with Crippen molar-refractivity contribution in [1.29, 1.82) is 0 Å². The van der Waals surface area contributed by atoms with Crippen molar-refractivity contribution in [3.8, 4) is 5.69 Å². The van der Waals surface area contributed by atoms with Crippen LogP contribution in [0.1, 0.15) is 30.5 Å². The van der Waals surface area contributed by atoms with E-state index in [0.717, 1.165) is 16.6 Å². The highest BCUT2D eigenvalue weighted by Gasteiger charge is 2.23. The molecular formula is C19H21NO. The van der Waals surface area contributed by atoms with Gasteiger partial charge in [0.15, 0.2) is 0 Å². The molecule has 0 fully saturated rings. The van der Waals surface area contributed by atoms with Crippen LogP contribution in [0.2, 0.25) is 0 Å². The zero-order valence-corrected chi connectivity index (χ0v) is 13.0. The standard InChI is InChI=1S/C19H21NO/c1-13-8-5-6-11-17(13)20-12-16(19(3,4)21)15-10-7-9-14(2)18(15)20/h5-12,21H,1-4H3. The second-order valence-electron chi connectivity index (χ2n) is 6.23. The molecule has 0 aliphatic carbocycles. The van der Waals surface area contributed by atoms with Gasteiger partial charge in [0.1, 0.15) is 0 Å². The third-order valence-corrected chi connectivity index (χ3v) is 4.06. The molecule has 108 valence electrons. The quantitative estimate of drug-likeness (QED) is 0.735. The summed E-state index contributed by atoms with van der Waals surface area (Å²) in [6, 6.07) is 14.6. The minimum Gasteiger partial charge on any atom is -0.386 e. The summed E-state index contributed by atoms with van der Waals surface area (Å²) in [5.41, 5.74) is 4.87. The van der Waals surface area contributed by atoms with Crippen molar-refractivity contribution in [1.82, 2.24) is 4.57 Å². The summed E-state index contributed by atoms with van der Waals surface area (Å²) in [5.74, 6) is 0. The average Bonchev–Trinajstić information content (AvgIpc) is 2.80. The van der Waals surface area contributed by atoms with Crippen molar-refractivity contribution in [2.45, 2.75) is 33.3 Å². The van der Waals surface area contributed by atoms with E-state index < -0.39 is 5.60 Å². The highest BCUT2D eigenvalue weighted by Crippen LogP contribution is 2.34. The lowest BCUT2D eigenvalue weighted by atomic mass is 9.97. The van der Waals surface area contributed by atoms with E-state index in [1.807, 2.05) is 19.9 Å². The van der Waals surface area contributed by atoms with E-state index in [2.05, 4.69) is 61.0 Å². The van der Waals surface area contributed by atoms with E-state index >= 15 is 0 Å². The maximum Gasteiger partial charge on any atom is 0.0861 e. The van der Waals surface area contributed by atoms with Crippen molar-refractivity contribution < 1.29 is 5.11 Å². The Balaban J connectivity index is 2.42. The van der Waals surface area contributed by atoms with Crippen LogP contribution in [-0.4, -0.2) is 9.67 Å². The van der Waals surface area contributed by atoms with Crippen LogP contribution in [-0.2, 0) is 5.60 Å². The van der Waals surface area contributed by atoms with E-state index in [9.17, 15) is 5.11 Å². The maximum atomic E-state index is 10.5. The van der Waals surface area contributed by atoms with Gasteiger partial charge < -0.3 is 9.67 Å². The normalized spacial score (nSPS) is 12.0. The van der Waals surface area contributed by atoms with Crippen molar-refractivity contribution >= 4 is 10.9 Å². The molecule has 2 nitrogen and oxygen atoms in total. The molecule has 1 aromatic heterocycles. The largest absolute Gasteiger partial charge is 0.386 e. The third kappa shape index (κ3) is 2.26. The van der Waals surface area contributed by atoms with Gasteiger partial charge in [0, 0.05) is 22.8 Å². The molecule has 2 aromatic carbocycles. The van der Waals surface area contributed by atoms with Crippen LogP contribution in [0.25, 0.3) is 16.6 Å². The number of fused-ring (bicyclic) bond motifs is 1. The van der Waals surface area contributed by atoms with Crippen molar-refractivity contribution in [2.24, 2.45) is 0 Å². The van der Waals surface area contributed by atoms with Gasteiger partial charge in [0.2, 0.25) is 0 Å². The molecule has 0 radical (unpaired) electrons. The van der Waals surface area contributed by atoms with E-state index in [1.165, 1.54) is 16.6 Å². The number of para-hydroxylation sites is 2. The Bertz CT molecular complexity index is 806. The fraction of sp³-hybridized carbons (Fsp3) is 0.263. The fourth-order valence-electron chi connectivity index (χ4n) is 2.97. The van der Waals surface area contributed by atoms with E-state index in [4.69, 9.17) is 0 Å². The number of nitrogens with zero attached hydrogens (tertiary/aromatic N) is 1. The Labute approximate surface area is 125 Å². The second-order valence-corrected chi connectivity index (χ2v) is 6.23. The Kier molecular flexibility index (Phi) is 3.14. The molecule has 0 bridgehead atoms. The van der Waals surface area contributed by atoms with Crippen LogP contribution >= 0.6 is 0 Å². The van der Waals surface area contributed by atoms with Gasteiger partial charge in [0.05, 0.1) is 11.1 Å². The molecule has 3 aromatic rings. The summed E-state index contributed by atoms with van der Waals surface area (Å²) in [7, 11) is 0. The van der Waals surface area contributed by atoms with Gasteiger partial charge in [-0.1, -0.05) is 36.4 Å². The van der Waals surface area contributed by atoms with Gasteiger partial charge in [-0.2, -0.15) is 0 Å². The first-order valence-electron chi connectivity index (χ1n) is 7.29. The molecule has 0 aliphatic heterocycles. The Morgan fingerprint density at radius 3 is 2.24 bits per heavy atom. The number of aromatic nitrogens is 1. The minimum absolute atomic E-state index is 0.861. The molecule has 2 heteroatoms. The van der Waals surface area contributed by atoms with E-state index in [-0.39, 0.29) is 0 Å². The lowest BCUT2D eigenvalue weighted by Gasteiger charge is -2.16. The fourth-order valence-corrected chi connectivity index (χ4v) is 2.97. The van der Waals surface area contributed by atoms with Gasteiger partial charge in [-0.15, -0.1) is 0 Å². The molecule has 0 saturated heterocycles. The first-order valence-corrected chi connectivity index (χ1v) is 7.29. The topological polar surface area (TPSA) is 25.2 Å². The molecule has 3 rings (SSSR count). The molecule has 0 unspecified atom stereocenters. The molecular weight excluding hydrogens is 258 g/mol. The van der Waals surface area contributed by atoms with E-state index in [1.54, 1.807) is 0 Å². The summed E-state index contributed by atoms with van der Waals surface area (Å²) in [5, 5.41) is 11.6. The maximum absolute atomic E-state index is 10.5. The molecule has 0 amide bonds. The monoisotopic (exact) mass is 279 g/mol. The minimum atomic E-state index is -0.861. The molecule has 1 N–H and O–H groups in total. The van der Waals surface area contributed by atoms with Crippen molar-refractivity contribution in [3.05, 3.63) is 65.4 Å². The lowest BCUT2D eigenvalue weighted by molar-refractivity contribution is 0.0801. The van der Waals surface area contributed by atoms with Gasteiger partial charge >= 0.3 is 0 Å². The molecule has 0 atom stereocenters. The second kappa shape index (κ2) is 4.74. The Hall–Kier alpha value is -2.06. The summed E-state index contributed by atoms with van der Waals surface area (Å²) in [6.45, 7) is 7.91. The number of rotatable bonds is 2. The van der Waals surface area contributed by atoms with Gasteiger partial charge in [-0.25, -0.2) is 0 Å². The van der Waals surface area contributed by atoms with Crippen LogP contribution in [0.15, 0.2) is 48.7 Å². The van der Waals surface area contributed by atoms with Crippen LogP contribution in [0.4, 0.5) is 0 Å². The zero-order valence-electron chi connectivity index (χ0n) is 13.0. The van der Waals surface area contributed by atoms with Gasteiger partial charge in [-0.3, -0.25) is 0 Å². The molecule has 0 aliphatic rings. The van der Waals surface area contributed by atoms with Crippen LogP contribution in [0.5, 0.6) is 0 Å². The summed E-state index contributed by atoms with van der Waals surface area (Å²) in [4.78, 5) is 0. The van der Waals surface area contributed by atoms with Crippen LogP contribution in [0, 0.1) is 13.8 Å².